The van der Waals surface area contributed by atoms with Crippen LogP contribution in [-0.4, -0.2) is 14.7 Å². The molecule has 1 aliphatic carbocycles. The standard InChI is InChI=1S/C30H40OS2Si/c1-12-13-31-25-23(30(7,8)9)16-20(29(4,5)6)17-24(25)34(10,11)28-21-14-18(2)32-26(21)27-22(28)15-19(3)33-27/h12,14-17,28H,1,13H2,2-11H3. The molecule has 0 N–H and O–H groups in total. The molecule has 0 spiro atoms. The van der Waals surface area contributed by atoms with Crippen molar-refractivity contribution in [3.63, 3.8) is 0 Å². The molecule has 0 amide bonds. The Morgan fingerprint density at radius 3 is 1.85 bits per heavy atom. The van der Waals surface area contributed by atoms with Crippen LogP contribution in [0.15, 0.2) is 36.9 Å². The van der Waals surface area contributed by atoms with Gasteiger partial charge < -0.3 is 4.74 Å². The minimum Gasteiger partial charge on any atom is -0.489 e. The van der Waals surface area contributed by atoms with Crippen LogP contribution in [0.25, 0.3) is 9.75 Å². The second-order valence-corrected chi connectivity index (χ2v) is 19.5. The summed E-state index contributed by atoms with van der Waals surface area (Å²) in [6, 6.07) is 9.82. The van der Waals surface area contributed by atoms with Crippen LogP contribution < -0.4 is 9.92 Å². The number of hydrogen-bond donors (Lipinski definition) is 0. The largest absolute Gasteiger partial charge is 0.489 e. The van der Waals surface area contributed by atoms with Gasteiger partial charge in [-0.25, -0.2) is 0 Å². The number of aryl methyl sites for hydroxylation is 2. The minimum absolute atomic E-state index is 0.0130. The lowest BCUT2D eigenvalue weighted by Crippen LogP contribution is -2.49. The van der Waals surface area contributed by atoms with Crippen molar-refractivity contribution in [1.82, 2.24) is 0 Å². The van der Waals surface area contributed by atoms with Crippen LogP contribution in [-0.2, 0) is 10.8 Å². The molecular formula is C30H40OS2Si. The lowest BCUT2D eigenvalue weighted by molar-refractivity contribution is 0.353. The monoisotopic (exact) mass is 508 g/mol. The van der Waals surface area contributed by atoms with Crippen LogP contribution in [0.1, 0.15) is 79.1 Å². The van der Waals surface area contributed by atoms with Crippen molar-refractivity contribution in [2.75, 3.05) is 6.61 Å². The van der Waals surface area contributed by atoms with Crippen LogP contribution in [0.2, 0.25) is 13.1 Å². The van der Waals surface area contributed by atoms with Crippen molar-refractivity contribution < 1.29 is 4.74 Å². The number of fused-ring (bicyclic) bond motifs is 3. The first-order chi connectivity index (χ1) is 15.7. The molecule has 34 heavy (non-hydrogen) atoms. The van der Waals surface area contributed by atoms with Crippen molar-refractivity contribution in [3.05, 3.63) is 68.9 Å². The highest BCUT2D eigenvalue weighted by atomic mass is 32.1. The molecular weight excluding hydrogens is 469 g/mol. The van der Waals surface area contributed by atoms with E-state index in [0.717, 1.165) is 5.75 Å². The molecule has 0 aliphatic heterocycles. The van der Waals surface area contributed by atoms with Crippen LogP contribution in [0.5, 0.6) is 5.75 Å². The van der Waals surface area contributed by atoms with Gasteiger partial charge in [0.2, 0.25) is 0 Å². The first-order valence-corrected chi connectivity index (χ1v) is 17.0. The molecule has 1 aromatic carbocycles. The molecule has 0 fully saturated rings. The van der Waals surface area contributed by atoms with E-state index in [9.17, 15) is 0 Å². The van der Waals surface area contributed by atoms with Gasteiger partial charge in [0.05, 0.1) is 8.07 Å². The molecule has 0 atom stereocenters. The Morgan fingerprint density at radius 1 is 0.882 bits per heavy atom. The van der Waals surface area contributed by atoms with Crippen molar-refractivity contribution in [1.29, 1.82) is 0 Å². The Labute approximate surface area is 215 Å². The van der Waals surface area contributed by atoms with Crippen molar-refractivity contribution in [2.24, 2.45) is 0 Å². The molecule has 1 aliphatic rings. The zero-order valence-corrected chi connectivity index (χ0v) is 25.2. The molecule has 4 heteroatoms. The van der Waals surface area contributed by atoms with Crippen LogP contribution in [0.3, 0.4) is 0 Å². The number of thiophene rings is 2. The maximum absolute atomic E-state index is 6.57. The third-order valence-electron chi connectivity index (χ3n) is 7.12. The van der Waals surface area contributed by atoms with Gasteiger partial charge in [-0.2, -0.15) is 0 Å². The molecule has 182 valence electrons. The Balaban J connectivity index is 2.03. The number of ether oxygens (including phenoxy) is 1. The number of rotatable bonds is 5. The summed E-state index contributed by atoms with van der Waals surface area (Å²) in [7, 11) is -2.08. The second kappa shape index (κ2) is 8.50. The summed E-state index contributed by atoms with van der Waals surface area (Å²) in [5, 5.41) is 1.45. The van der Waals surface area contributed by atoms with E-state index in [1.165, 1.54) is 35.8 Å². The van der Waals surface area contributed by atoms with Crippen molar-refractivity contribution >= 4 is 35.9 Å². The minimum atomic E-state index is -2.08. The molecule has 0 unspecified atom stereocenters. The quantitative estimate of drug-likeness (QED) is 0.247. The van der Waals surface area contributed by atoms with E-state index < -0.39 is 8.07 Å². The van der Waals surface area contributed by atoms with Gasteiger partial charge in [-0.3, -0.25) is 0 Å². The van der Waals surface area contributed by atoms with Gasteiger partial charge in [-0.05, 0) is 64.3 Å². The fourth-order valence-electron chi connectivity index (χ4n) is 5.35. The summed E-state index contributed by atoms with van der Waals surface area (Å²) in [6.45, 7) is 28.0. The fourth-order valence-corrected chi connectivity index (χ4v) is 11.5. The first-order valence-electron chi connectivity index (χ1n) is 12.3. The molecule has 0 bridgehead atoms. The average Bonchev–Trinajstić information content (AvgIpc) is 3.33. The summed E-state index contributed by atoms with van der Waals surface area (Å²) < 4.78 is 6.57. The van der Waals surface area contributed by atoms with Crippen LogP contribution >= 0.6 is 22.7 Å². The topological polar surface area (TPSA) is 9.23 Å². The van der Waals surface area contributed by atoms with E-state index in [4.69, 9.17) is 4.74 Å². The van der Waals surface area contributed by atoms with Gasteiger partial charge in [0.15, 0.2) is 0 Å². The van der Waals surface area contributed by atoms with Crippen molar-refractivity contribution in [3.8, 4) is 15.5 Å². The summed E-state index contributed by atoms with van der Waals surface area (Å²) >= 11 is 3.94. The van der Waals surface area contributed by atoms with Gasteiger partial charge in [-0.15, -0.1) is 22.7 Å². The van der Waals surface area contributed by atoms with Gasteiger partial charge in [0.25, 0.3) is 0 Å². The van der Waals surface area contributed by atoms with E-state index in [1.54, 1.807) is 11.1 Å². The number of benzene rings is 1. The van der Waals surface area contributed by atoms with Crippen molar-refractivity contribution in [2.45, 2.75) is 84.9 Å². The summed E-state index contributed by atoms with van der Waals surface area (Å²) in [4.78, 5) is 5.84. The van der Waals surface area contributed by atoms with E-state index in [0.29, 0.717) is 12.1 Å². The maximum atomic E-state index is 6.57. The molecule has 2 heterocycles. The lowest BCUT2D eigenvalue weighted by atomic mass is 9.80. The number of hydrogen-bond acceptors (Lipinski definition) is 3. The van der Waals surface area contributed by atoms with Gasteiger partial charge in [-0.1, -0.05) is 79.4 Å². The van der Waals surface area contributed by atoms with Gasteiger partial charge in [0, 0.05) is 25.0 Å². The Bertz CT molecular complexity index is 1200. The summed E-state index contributed by atoms with van der Waals surface area (Å²) in [6.07, 6.45) is 1.87. The normalized spacial score (nSPS) is 14.3. The molecule has 0 radical (unpaired) electrons. The third kappa shape index (κ3) is 4.27. The molecule has 0 saturated carbocycles. The van der Waals surface area contributed by atoms with E-state index in [1.807, 2.05) is 28.7 Å². The Hall–Kier alpha value is -1.62. The lowest BCUT2D eigenvalue weighted by Gasteiger charge is -2.37. The third-order valence-corrected chi connectivity index (χ3v) is 13.2. The smallest absolute Gasteiger partial charge is 0.122 e. The van der Waals surface area contributed by atoms with Crippen LogP contribution in [0.4, 0.5) is 0 Å². The second-order valence-electron chi connectivity index (χ2n) is 12.4. The van der Waals surface area contributed by atoms with E-state index >= 15 is 0 Å². The molecule has 4 rings (SSSR count). The fraction of sp³-hybridized carbons (Fsp3) is 0.467. The first kappa shape index (κ1) is 25.5. The predicted octanol–water partition coefficient (Wildman–Crippen LogP) is 8.85. The van der Waals surface area contributed by atoms with Gasteiger partial charge >= 0.3 is 0 Å². The molecule has 1 nitrogen and oxygen atoms in total. The van der Waals surface area contributed by atoms with Crippen LogP contribution in [0, 0.1) is 13.8 Å². The molecule has 2 aromatic heterocycles. The maximum Gasteiger partial charge on any atom is 0.122 e. The van der Waals surface area contributed by atoms with Gasteiger partial charge in [0.1, 0.15) is 12.4 Å². The zero-order chi connectivity index (χ0) is 25.2. The summed E-state index contributed by atoms with van der Waals surface area (Å²) in [5.74, 6) is 1.10. The Morgan fingerprint density at radius 2 is 1.41 bits per heavy atom. The predicted molar refractivity (Wildman–Crippen MR) is 156 cm³/mol. The molecule has 3 aromatic rings. The zero-order valence-electron chi connectivity index (χ0n) is 22.6. The molecule has 0 saturated heterocycles. The average molecular weight is 509 g/mol. The Kier molecular flexibility index (Phi) is 6.36. The summed E-state index contributed by atoms with van der Waals surface area (Å²) in [5.41, 5.74) is 6.32. The SMILES string of the molecule is C=CCOc1c(C(C)(C)C)cc(C(C)(C)C)cc1[Si](C)(C)C1c2cc(C)sc2-c2sc(C)cc21. The highest BCUT2D eigenvalue weighted by Crippen LogP contribution is 2.55. The highest BCUT2D eigenvalue weighted by Gasteiger charge is 2.46. The van der Waals surface area contributed by atoms with E-state index in [-0.39, 0.29) is 10.8 Å². The highest BCUT2D eigenvalue weighted by molar-refractivity contribution is 7.23. The van der Waals surface area contributed by atoms with E-state index in [2.05, 4.69) is 99.3 Å².